The predicted molar refractivity (Wildman–Crippen MR) is 108 cm³/mol. The molecule has 0 aliphatic carbocycles. The summed E-state index contributed by atoms with van der Waals surface area (Å²) in [6.45, 7) is 7.27. The highest BCUT2D eigenvalue weighted by Gasteiger charge is 2.71. The highest BCUT2D eigenvalue weighted by Crippen LogP contribution is 2.62. The average Bonchev–Trinajstić information content (AvgIpc) is 3.03. The lowest BCUT2D eigenvalue weighted by atomic mass is 9.55. The first kappa shape index (κ1) is 19.0. The van der Waals surface area contributed by atoms with Gasteiger partial charge in [0, 0.05) is 12.0 Å². The Hall–Kier alpha value is -3.00. The monoisotopic (exact) mass is 408 g/mol. The van der Waals surface area contributed by atoms with Crippen LogP contribution in [0.15, 0.2) is 35.3 Å². The van der Waals surface area contributed by atoms with E-state index in [1.165, 1.54) is 0 Å². The zero-order chi connectivity index (χ0) is 21.1. The minimum Gasteiger partial charge on any atom is -0.487 e. The van der Waals surface area contributed by atoms with Crippen LogP contribution >= 0.6 is 0 Å². The molecule has 8 heteroatoms. The van der Waals surface area contributed by atoms with E-state index in [1.807, 2.05) is 25.1 Å². The van der Waals surface area contributed by atoms with Crippen molar-refractivity contribution >= 4 is 11.8 Å². The van der Waals surface area contributed by atoms with Crippen LogP contribution in [0.2, 0.25) is 0 Å². The second kappa shape index (κ2) is 6.25. The third kappa shape index (κ3) is 2.49. The van der Waals surface area contributed by atoms with Crippen molar-refractivity contribution in [3.63, 3.8) is 0 Å². The van der Waals surface area contributed by atoms with Gasteiger partial charge in [0.25, 0.3) is 6.02 Å². The lowest BCUT2D eigenvalue weighted by Crippen LogP contribution is -2.71. The minimum atomic E-state index is -0.713. The molecule has 5 rings (SSSR count). The quantitative estimate of drug-likeness (QED) is 0.773. The van der Waals surface area contributed by atoms with Gasteiger partial charge in [0.2, 0.25) is 0 Å². The van der Waals surface area contributed by atoms with Crippen molar-refractivity contribution in [2.75, 3.05) is 19.8 Å². The number of rotatable bonds is 3. The van der Waals surface area contributed by atoms with Crippen molar-refractivity contribution in [2.45, 2.75) is 38.3 Å². The Bertz CT molecular complexity index is 1060. The van der Waals surface area contributed by atoms with Crippen LogP contribution in [0.5, 0.6) is 5.75 Å². The molecular weight excluding hydrogens is 384 g/mol. The first-order valence-electron chi connectivity index (χ1n) is 9.98. The first-order chi connectivity index (χ1) is 14.3. The molecule has 2 spiro atoms. The summed E-state index contributed by atoms with van der Waals surface area (Å²) in [6.07, 6.45) is 0.202. The standard InChI is InChI=1S/C22H24N4O4/c1-13-4-6-16(26-25-13)17(27)9-14-5-7-18-15(8-14)22(12-29-19(23)24-22)21(10-28-11-21)20(2,3)30-18/h4-8H,9-12H2,1-3H3,(H2,23,24). The van der Waals surface area contributed by atoms with Gasteiger partial charge >= 0.3 is 0 Å². The minimum absolute atomic E-state index is 0.0964. The van der Waals surface area contributed by atoms with Gasteiger partial charge in [-0.25, -0.2) is 4.99 Å². The van der Waals surface area contributed by atoms with Crippen LogP contribution in [0.4, 0.5) is 0 Å². The molecule has 0 bridgehead atoms. The maximum absolute atomic E-state index is 12.7. The lowest BCUT2D eigenvalue weighted by molar-refractivity contribution is -0.247. The Morgan fingerprint density at radius 2 is 1.93 bits per heavy atom. The van der Waals surface area contributed by atoms with Crippen LogP contribution in [0, 0.1) is 12.3 Å². The van der Waals surface area contributed by atoms with Gasteiger partial charge in [-0.15, -0.1) is 5.10 Å². The van der Waals surface area contributed by atoms with E-state index in [9.17, 15) is 4.79 Å². The van der Waals surface area contributed by atoms with E-state index in [2.05, 4.69) is 24.0 Å². The van der Waals surface area contributed by atoms with Gasteiger partial charge in [-0.2, -0.15) is 5.10 Å². The van der Waals surface area contributed by atoms with Gasteiger partial charge in [0.15, 0.2) is 5.78 Å². The zero-order valence-corrected chi connectivity index (χ0v) is 17.3. The SMILES string of the molecule is Cc1ccc(C(=O)Cc2ccc3c(c2)C2(COC(N)=N2)C2(COC2)C(C)(C)O3)nn1. The number of amidine groups is 1. The van der Waals surface area contributed by atoms with E-state index in [-0.39, 0.29) is 18.2 Å². The van der Waals surface area contributed by atoms with E-state index >= 15 is 0 Å². The molecule has 1 aromatic carbocycles. The summed E-state index contributed by atoms with van der Waals surface area (Å²) in [7, 11) is 0. The molecule has 1 fully saturated rings. The fourth-order valence-corrected chi connectivity index (χ4v) is 4.76. The summed E-state index contributed by atoms with van der Waals surface area (Å²) in [6, 6.07) is 9.44. The van der Waals surface area contributed by atoms with Crippen LogP contribution in [0.1, 0.15) is 41.2 Å². The van der Waals surface area contributed by atoms with E-state index < -0.39 is 16.6 Å². The molecule has 2 aromatic rings. The zero-order valence-electron chi connectivity index (χ0n) is 17.3. The molecule has 8 nitrogen and oxygen atoms in total. The number of nitrogens with zero attached hydrogens (tertiary/aromatic N) is 3. The highest BCUT2D eigenvalue weighted by atomic mass is 16.5. The van der Waals surface area contributed by atoms with Gasteiger partial charge in [-0.3, -0.25) is 4.79 Å². The van der Waals surface area contributed by atoms with Gasteiger partial charge < -0.3 is 19.9 Å². The van der Waals surface area contributed by atoms with Gasteiger partial charge in [-0.1, -0.05) is 6.07 Å². The van der Waals surface area contributed by atoms with Crippen molar-refractivity contribution in [3.8, 4) is 5.75 Å². The number of Topliss-reactive ketones (excluding diaryl/α,β-unsaturated/α-hetero) is 1. The van der Waals surface area contributed by atoms with E-state index in [0.717, 1.165) is 22.6 Å². The summed E-state index contributed by atoms with van der Waals surface area (Å²) in [5.41, 5.74) is 7.18. The third-order valence-corrected chi connectivity index (χ3v) is 6.67. The van der Waals surface area contributed by atoms with Gasteiger partial charge in [-0.05, 0) is 50.6 Å². The molecule has 156 valence electrons. The molecule has 1 atom stereocenters. The molecule has 1 saturated heterocycles. The number of ketones is 1. The number of fused-ring (bicyclic) bond motifs is 3. The number of aliphatic imine (C=N–C) groups is 1. The summed E-state index contributed by atoms with van der Waals surface area (Å²) in [4.78, 5) is 17.5. The van der Waals surface area contributed by atoms with E-state index in [1.54, 1.807) is 12.1 Å². The number of hydrogen-bond donors (Lipinski definition) is 1. The van der Waals surface area contributed by atoms with Crippen molar-refractivity contribution < 1.29 is 19.0 Å². The fourth-order valence-electron chi connectivity index (χ4n) is 4.76. The van der Waals surface area contributed by atoms with Gasteiger partial charge in [0.1, 0.15) is 29.2 Å². The topological polar surface area (TPSA) is 109 Å². The summed E-state index contributed by atoms with van der Waals surface area (Å²) in [5.74, 6) is 0.631. The number of benzene rings is 1. The largest absolute Gasteiger partial charge is 0.487 e. The number of ether oxygens (including phenoxy) is 3. The molecule has 30 heavy (non-hydrogen) atoms. The Balaban J connectivity index is 1.56. The molecule has 1 aromatic heterocycles. The molecule has 0 saturated carbocycles. The molecule has 3 aliphatic rings. The number of aryl methyl sites for hydroxylation is 1. The van der Waals surface area contributed by atoms with Crippen LogP contribution in [-0.4, -0.2) is 47.4 Å². The summed E-state index contributed by atoms with van der Waals surface area (Å²) >= 11 is 0. The van der Waals surface area contributed by atoms with Crippen molar-refractivity contribution in [1.82, 2.24) is 10.2 Å². The predicted octanol–water partition coefficient (Wildman–Crippen LogP) is 1.94. The van der Waals surface area contributed by atoms with Crippen molar-refractivity contribution in [3.05, 3.63) is 52.8 Å². The normalized spacial score (nSPS) is 25.1. The van der Waals surface area contributed by atoms with E-state index in [4.69, 9.17) is 24.9 Å². The number of carbonyl (C=O) groups excluding carboxylic acids is 1. The number of nitrogens with two attached hydrogens (primary N) is 1. The second-order valence-electron chi connectivity index (χ2n) is 8.78. The Morgan fingerprint density at radius 1 is 1.13 bits per heavy atom. The first-order valence-corrected chi connectivity index (χ1v) is 9.98. The van der Waals surface area contributed by atoms with Crippen molar-refractivity contribution in [2.24, 2.45) is 16.1 Å². The Morgan fingerprint density at radius 3 is 2.53 bits per heavy atom. The molecule has 0 radical (unpaired) electrons. The molecule has 1 unspecified atom stereocenters. The number of hydrogen-bond acceptors (Lipinski definition) is 8. The van der Waals surface area contributed by atoms with Crippen LogP contribution in [-0.2, 0) is 21.4 Å². The maximum atomic E-state index is 12.7. The Kier molecular flexibility index (Phi) is 3.96. The summed E-state index contributed by atoms with van der Waals surface area (Å²) < 4.78 is 17.7. The van der Waals surface area contributed by atoms with Gasteiger partial charge in [0.05, 0.1) is 24.3 Å². The van der Waals surface area contributed by atoms with Crippen LogP contribution in [0.25, 0.3) is 0 Å². The summed E-state index contributed by atoms with van der Waals surface area (Å²) in [5, 5.41) is 7.99. The van der Waals surface area contributed by atoms with Crippen LogP contribution in [0.3, 0.4) is 0 Å². The molecule has 2 N–H and O–H groups in total. The van der Waals surface area contributed by atoms with E-state index in [0.29, 0.717) is 25.5 Å². The Labute approximate surface area is 174 Å². The maximum Gasteiger partial charge on any atom is 0.283 e. The lowest BCUT2D eigenvalue weighted by Gasteiger charge is -2.61. The second-order valence-corrected chi connectivity index (χ2v) is 8.78. The molecule has 3 aliphatic heterocycles. The highest BCUT2D eigenvalue weighted by molar-refractivity contribution is 5.95. The van der Waals surface area contributed by atoms with Crippen LogP contribution < -0.4 is 10.5 Å². The average molecular weight is 408 g/mol. The third-order valence-electron chi connectivity index (χ3n) is 6.67. The number of carbonyl (C=O) groups is 1. The molecule has 4 heterocycles. The van der Waals surface area contributed by atoms with Crippen molar-refractivity contribution in [1.29, 1.82) is 0 Å². The number of aromatic nitrogens is 2. The smallest absolute Gasteiger partial charge is 0.283 e. The molecular formula is C22H24N4O4. The fraction of sp³-hybridized carbons (Fsp3) is 0.455. The molecule has 0 amide bonds.